The lowest BCUT2D eigenvalue weighted by atomic mass is 10.1. The van der Waals surface area contributed by atoms with E-state index < -0.39 is 0 Å². The first-order valence-electron chi connectivity index (χ1n) is 6.94. The number of hydrogen-bond acceptors (Lipinski definition) is 3. The monoisotopic (exact) mass is 264 g/mol. The highest BCUT2D eigenvalue weighted by molar-refractivity contribution is 5.94. The van der Waals surface area contributed by atoms with Crippen molar-refractivity contribution in [3.05, 3.63) is 18.0 Å². The quantitative estimate of drug-likeness (QED) is 0.869. The summed E-state index contributed by atoms with van der Waals surface area (Å²) in [6.45, 7) is 6.13. The Morgan fingerprint density at radius 2 is 2.26 bits per heavy atom. The van der Waals surface area contributed by atoms with Crippen LogP contribution in [0.25, 0.3) is 0 Å². The second-order valence-corrected chi connectivity index (χ2v) is 5.73. The summed E-state index contributed by atoms with van der Waals surface area (Å²) in [5, 5.41) is 3.12. The summed E-state index contributed by atoms with van der Waals surface area (Å²) in [7, 11) is 2.09. The first-order valence-corrected chi connectivity index (χ1v) is 6.94. The van der Waals surface area contributed by atoms with Crippen LogP contribution in [0.4, 0.5) is 5.69 Å². The molecule has 0 saturated carbocycles. The highest BCUT2D eigenvalue weighted by atomic mass is 16.2. The van der Waals surface area contributed by atoms with E-state index in [9.17, 15) is 4.79 Å². The van der Waals surface area contributed by atoms with Gasteiger partial charge in [-0.15, -0.1) is 0 Å². The van der Waals surface area contributed by atoms with Crippen molar-refractivity contribution >= 4 is 11.6 Å². The maximum atomic E-state index is 12.4. The molecular formula is C14H24N4O. The van der Waals surface area contributed by atoms with Crippen LogP contribution in [0.5, 0.6) is 0 Å². The minimum absolute atomic E-state index is 0.0225. The molecule has 1 aromatic rings. The Hall–Kier alpha value is -1.49. The summed E-state index contributed by atoms with van der Waals surface area (Å²) >= 11 is 0. The molecule has 1 amide bonds. The number of likely N-dealkylation sites (N-methyl/N-ethyl adjacent to an activating group) is 1. The van der Waals surface area contributed by atoms with E-state index in [0.717, 1.165) is 25.9 Å². The highest BCUT2D eigenvalue weighted by Gasteiger charge is 2.21. The molecule has 0 spiro atoms. The van der Waals surface area contributed by atoms with Crippen LogP contribution < -0.4 is 11.1 Å². The molecule has 0 bridgehead atoms. The van der Waals surface area contributed by atoms with Crippen LogP contribution in [0.3, 0.4) is 0 Å². The van der Waals surface area contributed by atoms with Crippen LogP contribution in [-0.4, -0.2) is 41.6 Å². The van der Waals surface area contributed by atoms with Crippen LogP contribution in [0.2, 0.25) is 0 Å². The average Bonchev–Trinajstić information content (AvgIpc) is 2.71. The molecule has 1 saturated heterocycles. The Morgan fingerprint density at radius 3 is 2.89 bits per heavy atom. The van der Waals surface area contributed by atoms with Gasteiger partial charge in [0.1, 0.15) is 5.69 Å². The lowest BCUT2D eigenvalue weighted by Gasteiger charge is -2.30. The van der Waals surface area contributed by atoms with Gasteiger partial charge in [-0.3, -0.25) is 4.79 Å². The fourth-order valence-electron chi connectivity index (χ4n) is 2.65. The molecule has 1 aliphatic rings. The van der Waals surface area contributed by atoms with Crippen LogP contribution in [0.15, 0.2) is 12.3 Å². The number of likely N-dealkylation sites (tertiary alicyclic amines) is 1. The lowest BCUT2D eigenvalue weighted by Crippen LogP contribution is -2.46. The molecule has 2 heterocycles. The topological polar surface area (TPSA) is 63.3 Å². The number of carbonyl (C=O) groups is 1. The third kappa shape index (κ3) is 3.29. The second kappa shape index (κ2) is 5.65. The number of carbonyl (C=O) groups excluding carboxylic acids is 1. The molecule has 1 atom stereocenters. The molecule has 1 fully saturated rings. The van der Waals surface area contributed by atoms with Gasteiger partial charge >= 0.3 is 0 Å². The van der Waals surface area contributed by atoms with Gasteiger partial charge in [0.25, 0.3) is 5.91 Å². The number of hydrogen-bond donors (Lipinski definition) is 2. The summed E-state index contributed by atoms with van der Waals surface area (Å²) in [5.41, 5.74) is 7.09. The maximum Gasteiger partial charge on any atom is 0.268 e. The summed E-state index contributed by atoms with van der Waals surface area (Å²) in [5.74, 6) is -0.0225. The number of nitrogen functional groups attached to an aromatic ring is 1. The number of nitrogens with two attached hydrogens (primary N) is 1. The highest BCUT2D eigenvalue weighted by Crippen LogP contribution is 2.17. The second-order valence-electron chi connectivity index (χ2n) is 5.73. The fourth-order valence-corrected chi connectivity index (χ4v) is 2.65. The van der Waals surface area contributed by atoms with Crippen molar-refractivity contribution in [1.29, 1.82) is 0 Å². The third-order valence-corrected chi connectivity index (χ3v) is 3.62. The molecule has 1 aromatic heterocycles. The van der Waals surface area contributed by atoms with Crippen LogP contribution in [0.1, 0.15) is 43.2 Å². The van der Waals surface area contributed by atoms with E-state index in [1.165, 1.54) is 0 Å². The van der Waals surface area contributed by atoms with E-state index in [1.54, 1.807) is 6.07 Å². The molecule has 1 aliphatic heterocycles. The number of aromatic nitrogens is 1. The van der Waals surface area contributed by atoms with Gasteiger partial charge in [0.2, 0.25) is 0 Å². The zero-order valence-electron chi connectivity index (χ0n) is 12.0. The zero-order valence-corrected chi connectivity index (χ0v) is 12.0. The molecule has 5 nitrogen and oxygen atoms in total. The molecule has 3 N–H and O–H groups in total. The van der Waals surface area contributed by atoms with Crippen molar-refractivity contribution < 1.29 is 4.79 Å². The maximum absolute atomic E-state index is 12.4. The number of amides is 1. The van der Waals surface area contributed by atoms with Gasteiger partial charge in [-0.25, -0.2) is 0 Å². The van der Waals surface area contributed by atoms with E-state index in [-0.39, 0.29) is 18.0 Å². The number of nitrogens with one attached hydrogen (secondary N) is 1. The van der Waals surface area contributed by atoms with Crippen LogP contribution >= 0.6 is 0 Å². The third-order valence-electron chi connectivity index (χ3n) is 3.62. The Bertz CT molecular complexity index is 452. The normalized spacial score (nSPS) is 20.7. The van der Waals surface area contributed by atoms with Crippen molar-refractivity contribution in [3.8, 4) is 0 Å². The summed E-state index contributed by atoms with van der Waals surface area (Å²) < 4.78 is 1.93. The number of anilines is 1. The minimum atomic E-state index is -0.0225. The Labute approximate surface area is 114 Å². The number of nitrogens with zero attached hydrogens (tertiary/aromatic N) is 2. The lowest BCUT2D eigenvalue weighted by molar-refractivity contribution is 0.0901. The van der Waals surface area contributed by atoms with E-state index in [4.69, 9.17) is 5.73 Å². The predicted molar refractivity (Wildman–Crippen MR) is 77.2 cm³/mol. The minimum Gasteiger partial charge on any atom is -0.397 e. The molecule has 19 heavy (non-hydrogen) atoms. The van der Waals surface area contributed by atoms with Gasteiger partial charge in [-0.1, -0.05) is 0 Å². The van der Waals surface area contributed by atoms with Gasteiger partial charge in [0.05, 0.1) is 5.69 Å². The smallest absolute Gasteiger partial charge is 0.268 e. The Balaban J connectivity index is 2.07. The van der Waals surface area contributed by atoms with Crippen molar-refractivity contribution in [1.82, 2.24) is 14.8 Å². The van der Waals surface area contributed by atoms with E-state index in [0.29, 0.717) is 11.4 Å². The van der Waals surface area contributed by atoms with Crippen molar-refractivity contribution in [2.24, 2.45) is 0 Å². The summed E-state index contributed by atoms with van der Waals surface area (Å²) in [6, 6.07) is 2.22. The fraction of sp³-hybridized carbons (Fsp3) is 0.643. The molecule has 1 unspecified atom stereocenters. The van der Waals surface area contributed by atoms with Crippen LogP contribution in [0, 0.1) is 0 Å². The van der Waals surface area contributed by atoms with Gasteiger partial charge in [0.15, 0.2) is 0 Å². The first-order chi connectivity index (χ1) is 8.97. The molecular weight excluding hydrogens is 240 g/mol. The van der Waals surface area contributed by atoms with Crippen LogP contribution in [-0.2, 0) is 0 Å². The van der Waals surface area contributed by atoms with E-state index in [2.05, 4.69) is 17.3 Å². The first kappa shape index (κ1) is 13.9. The number of piperidine rings is 1. The molecule has 2 rings (SSSR count). The largest absolute Gasteiger partial charge is 0.397 e. The molecule has 5 heteroatoms. The van der Waals surface area contributed by atoms with Gasteiger partial charge in [-0.05, 0) is 46.3 Å². The standard InChI is InChI=1S/C14H24N4O/c1-10(2)18-8-11(15)7-13(18)14(19)16-12-5-4-6-17(3)9-12/h7-8,10,12H,4-6,9,15H2,1-3H3,(H,16,19). The zero-order chi connectivity index (χ0) is 14.0. The number of rotatable bonds is 3. The van der Waals surface area contributed by atoms with Gasteiger partial charge < -0.3 is 20.5 Å². The molecule has 0 radical (unpaired) electrons. The Kier molecular flexibility index (Phi) is 4.14. The SMILES string of the molecule is CC(C)n1cc(N)cc1C(=O)NC1CCCN(C)C1. The van der Waals surface area contributed by atoms with Gasteiger partial charge in [-0.2, -0.15) is 0 Å². The molecule has 0 aromatic carbocycles. The molecule has 0 aliphatic carbocycles. The van der Waals surface area contributed by atoms with Gasteiger partial charge in [0, 0.05) is 24.8 Å². The molecule has 106 valence electrons. The average molecular weight is 264 g/mol. The summed E-state index contributed by atoms with van der Waals surface area (Å²) in [6.07, 6.45) is 4.01. The Morgan fingerprint density at radius 1 is 1.53 bits per heavy atom. The summed E-state index contributed by atoms with van der Waals surface area (Å²) in [4.78, 5) is 14.6. The van der Waals surface area contributed by atoms with Crippen molar-refractivity contribution in [2.75, 3.05) is 25.9 Å². The predicted octanol–water partition coefficient (Wildman–Crippen LogP) is 1.48. The van der Waals surface area contributed by atoms with Crippen molar-refractivity contribution in [2.45, 2.75) is 38.8 Å². The van der Waals surface area contributed by atoms with Crippen molar-refractivity contribution in [3.63, 3.8) is 0 Å². The van der Waals surface area contributed by atoms with E-state index >= 15 is 0 Å². The van der Waals surface area contributed by atoms with E-state index in [1.807, 2.05) is 24.6 Å².